The molecule has 0 aliphatic carbocycles. The Kier molecular flexibility index (Phi) is 7.32. The van der Waals surface area contributed by atoms with Gasteiger partial charge in [0.25, 0.3) is 0 Å². The summed E-state index contributed by atoms with van der Waals surface area (Å²) in [5, 5.41) is 6.41. The summed E-state index contributed by atoms with van der Waals surface area (Å²) in [6.45, 7) is 14.1. The first kappa shape index (κ1) is 21.8. The normalized spacial score (nSPS) is 13.3. The number of hydrogen-bond acceptors (Lipinski definition) is 4. The lowest BCUT2D eigenvalue weighted by Crippen LogP contribution is -2.49. The molecule has 0 saturated carbocycles. The van der Waals surface area contributed by atoms with Crippen LogP contribution in [0.1, 0.15) is 52.2 Å². The number of aryl methyl sites for hydroxylation is 2. The largest absolute Gasteiger partial charge is 0.444 e. The van der Waals surface area contributed by atoms with Crippen LogP contribution in [0.15, 0.2) is 16.6 Å². The second-order valence-corrected chi connectivity index (χ2v) is 9.01. The third-order valence-corrected chi connectivity index (χ3v) is 4.94. The number of carbonyl (C=O) groups excluding carboxylic acids is 1. The van der Waals surface area contributed by atoms with E-state index in [0.717, 1.165) is 10.2 Å². The summed E-state index contributed by atoms with van der Waals surface area (Å²) in [6, 6.07) is 4.21. The zero-order valence-electron chi connectivity index (χ0n) is 16.4. The number of benzene rings is 1. The number of ether oxygens (including phenoxy) is 1. The average Bonchev–Trinajstić information content (AvgIpc) is 2.40. The van der Waals surface area contributed by atoms with Crippen LogP contribution in [-0.2, 0) is 4.74 Å². The van der Waals surface area contributed by atoms with Crippen LogP contribution in [0.4, 0.5) is 10.5 Å². The molecule has 0 fully saturated rings. The van der Waals surface area contributed by atoms with Gasteiger partial charge in [-0.3, -0.25) is 0 Å². The first-order chi connectivity index (χ1) is 11.3. The predicted molar refractivity (Wildman–Crippen MR) is 108 cm³/mol. The SMILES string of the molecule is Cc1cc(NC(CN)CC(C)(C)NC(=O)OC(C)(C)C)cc(C)c1Br. The lowest BCUT2D eigenvalue weighted by atomic mass is 9.95. The van der Waals surface area contributed by atoms with E-state index in [1.54, 1.807) is 0 Å². The van der Waals surface area contributed by atoms with Gasteiger partial charge in [0.1, 0.15) is 5.60 Å². The molecule has 25 heavy (non-hydrogen) atoms. The van der Waals surface area contributed by atoms with Crippen molar-refractivity contribution in [3.8, 4) is 0 Å². The predicted octanol–water partition coefficient (Wildman–Crippen LogP) is 4.50. The van der Waals surface area contributed by atoms with Gasteiger partial charge in [-0.05, 0) is 78.1 Å². The second-order valence-electron chi connectivity index (χ2n) is 8.22. The molecule has 0 spiro atoms. The number of rotatable bonds is 6. The van der Waals surface area contributed by atoms with Crippen LogP contribution in [0, 0.1) is 13.8 Å². The molecule has 1 amide bonds. The van der Waals surface area contributed by atoms with E-state index in [1.807, 2.05) is 34.6 Å². The number of nitrogens with two attached hydrogens (primary N) is 1. The minimum Gasteiger partial charge on any atom is -0.444 e. The molecule has 0 bridgehead atoms. The highest BCUT2D eigenvalue weighted by Gasteiger charge is 2.27. The van der Waals surface area contributed by atoms with Gasteiger partial charge in [-0.1, -0.05) is 15.9 Å². The van der Waals surface area contributed by atoms with E-state index in [2.05, 4.69) is 52.5 Å². The van der Waals surface area contributed by atoms with Crippen molar-refractivity contribution in [2.45, 2.75) is 72.1 Å². The van der Waals surface area contributed by atoms with Gasteiger partial charge in [0, 0.05) is 28.3 Å². The maximum absolute atomic E-state index is 12.0. The Labute approximate surface area is 160 Å². The summed E-state index contributed by atoms with van der Waals surface area (Å²) in [4.78, 5) is 12.0. The van der Waals surface area contributed by atoms with E-state index in [1.165, 1.54) is 11.1 Å². The number of alkyl carbamates (subject to hydrolysis) is 1. The zero-order valence-corrected chi connectivity index (χ0v) is 18.0. The molecular formula is C19H32BrN3O2. The molecule has 4 N–H and O–H groups in total. The highest BCUT2D eigenvalue weighted by molar-refractivity contribution is 9.10. The molecule has 5 nitrogen and oxygen atoms in total. The molecule has 0 aliphatic heterocycles. The molecule has 1 aromatic rings. The first-order valence-electron chi connectivity index (χ1n) is 8.57. The van der Waals surface area contributed by atoms with Crippen molar-refractivity contribution in [3.63, 3.8) is 0 Å². The van der Waals surface area contributed by atoms with Crippen molar-refractivity contribution in [1.29, 1.82) is 0 Å². The number of halogens is 1. The number of anilines is 1. The lowest BCUT2D eigenvalue weighted by Gasteiger charge is -2.32. The van der Waals surface area contributed by atoms with Crippen molar-refractivity contribution < 1.29 is 9.53 Å². The van der Waals surface area contributed by atoms with Crippen LogP contribution in [0.3, 0.4) is 0 Å². The molecule has 1 unspecified atom stereocenters. The zero-order chi connectivity index (χ0) is 19.4. The smallest absolute Gasteiger partial charge is 0.408 e. The van der Waals surface area contributed by atoms with Crippen LogP contribution in [-0.4, -0.2) is 29.8 Å². The molecule has 142 valence electrons. The van der Waals surface area contributed by atoms with E-state index in [0.29, 0.717) is 13.0 Å². The van der Waals surface area contributed by atoms with E-state index < -0.39 is 17.2 Å². The second kappa shape index (κ2) is 8.41. The van der Waals surface area contributed by atoms with Crippen molar-refractivity contribution in [1.82, 2.24) is 5.32 Å². The van der Waals surface area contributed by atoms with Crippen molar-refractivity contribution >= 4 is 27.7 Å². The summed E-state index contributed by atoms with van der Waals surface area (Å²) in [6.07, 6.45) is 0.264. The van der Waals surface area contributed by atoms with E-state index in [9.17, 15) is 4.79 Å². The quantitative estimate of drug-likeness (QED) is 0.641. The Bertz CT molecular complexity index is 586. The molecule has 0 aliphatic rings. The average molecular weight is 414 g/mol. The Morgan fingerprint density at radius 2 is 1.72 bits per heavy atom. The number of nitrogens with one attached hydrogen (secondary N) is 2. The monoisotopic (exact) mass is 413 g/mol. The summed E-state index contributed by atoms with van der Waals surface area (Å²) in [7, 11) is 0. The van der Waals surface area contributed by atoms with Gasteiger partial charge in [-0.15, -0.1) is 0 Å². The summed E-state index contributed by atoms with van der Waals surface area (Å²) < 4.78 is 6.46. The van der Waals surface area contributed by atoms with Crippen LogP contribution in [0.2, 0.25) is 0 Å². The fourth-order valence-electron chi connectivity index (χ4n) is 2.71. The van der Waals surface area contributed by atoms with Crippen molar-refractivity contribution in [2.75, 3.05) is 11.9 Å². The maximum Gasteiger partial charge on any atom is 0.408 e. The summed E-state index contributed by atoms with van der Waals surface area (Å²) >= 11 is 3.58. The van der Waals surface area contributed by atoms with E-state index >= 15 is 0 Å². The van der Waals surface area contributed by atoms with Crippen molar-refractivity contribution in [3.05, 3.63) is 27.7 Å². The van der Waals surface area contributed by atoms with Gasteiger partial charge in [0.05, 0.1) is 0 Å². The van der Waals surface area contributed by atoms with Crippen molar-refractivity contribution in [2.24, 2.45) is 5.73 Å². The third kappa shape index (κ3) is 7.65. The lowest BCUT2D eigenvalue weighted by molar-refractivity contribution is 0.0466. The first-order valence-corrected chi connectivity index (χ1v) is 9.37. The summed E-state index contributed by atoms with van der Waals surface area (Å²) in [5.74, 6) is 0. The Hall–Kier alpha value is -1.27. The molecule has 1 atom stereocenters. The maximum atomic E-state index is 12.0. The molecular weight excluding hydrogens is 382 g/mol. The van der Waals surface area contributed by atoms with E-state index in [-0.39, 0.29) is 6.04 Å². The molecule has 0 aromatic heterocycles. The van der Waals surface area contributed by atoms with Gasteiger partial charge < -0.3 is 21.1 Å². The van der Waals surface area contributed by atoms with Crippen LogP contribution in [0.5, 0.6) is 0 Å². The standard InChI is InChI=1S/C19H32BrN3O2/c1-12-8-14(9-13(2)16(12)20)22-15(11-21)10-19(6,7)23-17(24)25-18(3,4)5/h8-9,15,22H,10-11,21H2,1-7H3,(H,23,24). The Morgan fingerprint density at radius 1 is 1.20 bits per heavy atom. The van der Waals surface area contributed by atoms with Gasteiger partial charge >= 0.3 is 6.09 Å². The van der Waals surface area contributed by atoms with Gasteiger partial charge in [-0.2, -0.15) is 0 Å². The Morgan fingerprint density at radius 3 is 2.16 bits per heavy atom. The number of carbonyl (C=O) groups is 1. The fourth-order valence-corrected chi connectivity index (χ4v) is 2.93. The number of hydrogen-bond donors (Lipinski definition) is 3. The van der Waals surface area contributed by atoms with Crippen LogP contribution < -0.4 is 16.4 Å². The van der Waals surface area contributed by atoms with E-state index in [4.69, 9.17) is 10.5 Å². The van der Waals surface area contributed by atoms with Gasteiger partial charge in [0.2, 0.25) is 0 Å². The van der Waals surface area contributed by atoms with Crippen LogP contribution >= 0.6 is 15.9 Å². The molecule has 6 heteroatoms. The molecule has 0 radical (unpaired) electrons. The molecule has 0 heterocycles. The minimum absolute atomic E-state index is 0.0323. The van der Waals surface area contributed by atoms with Crippen LogP contribution in [0.25, 0.3) is 0 Å². The molecule has 1 rings (SSSR count). The highest BCUT2D eigenvalue weighted by atomic mass is 79.9. The fraction of sp³-hybridized carbons (Fsp3) is 0.632. The van der Waals surface area contributed by atoms with Gasteiger partial charge in [-0.25, -0.2) is 4.79 Å². The summed E-state index contributed by atoms with van der Waals surface area (Å²) in [5.41, 5.74) is 8.36. The molecule has 0 saturated heterocycles. The molecule has 1 aromatic carbocycles. The highest BCUT2D eigenvalue weighted by Crippen LogP contribution is 2.26. The number of amides is 1. The Balaban J connectivity index is 2.75. The van der Waals surface area contributed by atoms with Gasteiger partial charge in [0.15, 0.2) is 0 Å². The third-order valence-electron chi connectivity index (χ3n) is 3.69. The minimum atomic E-state index is -0.516. The topological polar surface area (TPSA) is 76.4 Å².